The second-order valence-corrected chi connectivity index (χ2v) is 9.43. The summed E-state index contributed by atoms with van der Waals surface area (Å²) >= 11 is 0. The van der Waals surface area contributed by atoms with Crippen molar-refractivity contribution >= 4 is 21.8 Å². The number of fused-ring (bicyclic) bond motifs is 1. The van der Waals surface area contributed by atoms with Gasteiger partial charge in [0.2, 0.25) is 5.91 Å². The monoisotopic (exact) mass is 473 g/mol. The number of carbonyl (C=O) groups excluding carboxylic acids is 1. The minimum Gasteiger partial charge on any atom is -0.490 e. The first kappa shape index (κ1) is 24.6. The molecular weight excluding hydrogens is 442 g/mol. The van der Waals surface area contributed by atoms with Gasteiger partial charge in [0.1, 0.15) is 5.84 Å². The van der Waals surface area contributed by atoms with Crippen LogP contribution >= 0.6 is 0 Å². The molecule has 178 valence electrons. The molecule has 9 heteroatoms. The molecule has 1 amide bonds. The van der Waals surface area contributed by atoms with Crippen LogP contribution < -0.4 is 19.5 Å². The second-order valence-electron chi connectivity index (χ2n) is 7.77. The van der Waals surface area contributed by atoms with Crippen molar-refractivity contribution in [3.63, 3.8) is 0 Å². The summed E-state index contributed by atoms with van der Waals surface area (Å²) in [6.45, 7) is 7.34. The molecule has 0 radical (unpaired) electrons. The molecule has 2 N–H and O–H groups in total. The molecule has 33 heavy (non-hydrogen) atoms. The standard InChI is InChI=1S/C24H31N3O5S/c1-4-14-31-20-11-10-18(16-21(20)32-15-5-2)17(3)26-23(28)12-13-25-24-19-8-6-7-9-22(19)33(29,30)27-24/h6-11,16-17H,4-5,12-15H2,1-3H3,(H,25,27)(H,26,28). The van der Waals surface area contributed by atoms with Crippen LogP contribution in [-0.4, -0.2) is 39.9 Å². The van der Waals surface area contributed by atoms with Crippen LogP contribution in [0.25, 0.3) is 0 Å². The highest BCUT2D eigenvalue weighted by molar-refractivity contribution is 7.90. The number of rotatable bonds is 11. The zero-order chi connectivity index (χ0) is 23.8. The first-order valence-corrected chi connectivity index (χ1v) is 12.7. The number of nitrogens with one attached hydrogen (secondary N) is 2. The van der Waals surface area contributed by atoms with Crippen molar-refractivity contribution in [2.75, 3.05) is 19.8 Å². The van der Waals surface area contributed by atoms with E-state index in [9.17, 15) is 13.2 Å². The van der Waals surface area contributed by atoms with Crippen molar-refractivity contribution in [2.45, 2.75) is 51.0 Å². The number of amides is 1. The minimum absolute atomic E-state index is 0.134. The lowest BCUT2D eigenvalue weighted by atomic mass is 10.1. The molecule has 1 aliphatic heterocycles. The van der Waals surface area contributed by atoms with Crippen LogP contribution in [0.4, 0.5) is 0 Å². The van der Waals surface area contributed by atoms with Gasteiger partial charge in [0, 0.05) is 12.0 Å². The van der Waals surface area contributed by atoms with Crippen molar-refractivity contribution in [1.29, 1.82) is 0 Å². The Balaban J connectivity index is 1.60. The van der Waals surface area contributed by atoms with E-state index in [1.165, 1.54) is 6.07 Å². The molecule has 1 heterocycles. The van der Waals surface area contributed by atoms with Crippen LogP contribution in [0.5, 0.6) is 11.5 Å². The van der Waals surface area contributed by atoms with E-state index >= 15 is 0 Å². The zero-order valence-corrected chi connectivity index (χ0v) is 20.1. The Labute approximate surface area is 195 Å². The van der Waals surface area contributed by atoms with Crippen LogP contribution in [0, 0.1) is 0 Å². The average Bonchev–Trinajstić information content (AvgIpc) is 3.06. The Morgan fingerprint density at radius 3 is 2.48 bits per heavy atom. The van der Waals surface area contributed by atoms with Gasteiger partial charge < -0.3 is 14.8 Å². The lowest BCUT2D eigenvalue weighted by Gasteiger charge is -2.18. The maximum absolute atomic E-state index is 12.5. The Kier molecular flexibility index (Phi) is 8.32. The summed E-state index contributed by atoms with van der Waals surface area (Å²) in [5, 5.41) is 2.96. The summed E-state index contributed by atoms with van der Waals surface area (Å²) in [6.07, 6.45) is 1.92. The molecule has 0 aliphatic carbocycles. The van der Waals surface area contributed by atoms with Gasteiger partial charge in [-0.2, -0.15) is 0 Å². The molecule has 1 atom stereocenters. The number of hydrogen-bond acceptors (Lipinski definition) is 6. The Hall–Kier alpha value is -3.07. The lowest BCUT2D eigenvalue weighted by Crippen LogP contribution is -2.27. The van der Waals surface area contributed by atoms with E-state index in [2.05, 4.69) is 15.0 Å². The van der Waals surface area contributed by atoms with Gasteiger partial charge in [-0.1, -0.05) is 32.0 Å². The highest BCUT2D eigenvalue weighted by atomic mass is 32.2. The Bertz CT molecular complexity index is 1110. The fraction of sp³-hybridized carbons (Fsp3) is 0.417. The van der Waals surface area contributed by atoms with E-state index in [1.807, 2.05) is 39.0 Å². The summed E-state index contributed by atoms with van der Waals surface area (Å²) < 4.78 is 38.3. The number of aliphatic imine (C=N–C) groups is 1. The third-order valence-electron chi connectivity index (χ3n) is 5.04. The van der Waals surface area contributed by atoms with Gasteiger partial charge in [-0.05, 0) is 49.6 Å². The second kappa shape index (κ2) is 11.2. The van der Waals surface area contributed by atoms with Crippen molar-refractivity contribution in [3.8, 4) is 11.5 Å². The molecule has 0 aromatic heterocycles. The number of benzene rings is 2. The Morgan fingerprint density at radius 2 is 1.76 bits per heavy atom. The van der Waals surface area contributed by atoms with Crippen LogP contribution in [0.1, 0.15) is 57.2 Å². The SMILES string of the molecule is CCCOc1ccc(C(C)NC(=O)CCN=C2NS(=O)(=O)c3ccccc32)cc1OCCC. The molecule has 0 saturated carbocycles. The van der Waals surface area contributed by atoms with Crippen LogP contribution in [0.15, 0.2) is 52.4 Å². The maximum atomic E-state index is 12.5. The van der Waals surface area contributed by atoms with Gasteiger partial charge in [0.15, 0.2) is 11.5 Å². The topological polar surface area (TPSA) is 106 Å². The predicted molar refractivity (Wildman–Crippen MR) is 127 cm³/mol. The lowest BCUT2D eigenvalue weighted by molar-refractivity contribution is -0.121. The maximum Gasteiger partial charge on any atom is 0.263 e. The third-order valence-corrected chi connectivity index (χ3v) is 6.44. The zero-order valence-electron chi connectivity index (χ0n) is 19.3. The van der Waals surface area contributed by atoms with Crippen LogP contribution in [-0.2, 0) is 14.8 Å². The molecular formula is C24H31N3O5S. The van der Waals surface area contributed by atoms with E-state index in [1.54, 1.807) is 18.2 Å². The van der Waals surface area contributed by atoms with Crippen molar-refractivity contribution in [3.05, 3.63) is 53.6 Å². The van der Waals surface area contributed by atoms with Gasteiger partial charge in [0.25, 0.3) is 10.0 Å². The number of ether oxygens (including phenoxy) is 2. The molecule has 8 nitrogen and oxygen atoms in total. The molecule has 0 bridgehead atoms. The fourth-order valence-electron chi connectivity index (χ4n) is 3.37. The highest BCUT2D eigenvalue weighted by Crippen LogP contribution is 2.31. The first-order valence-electron chi connectivity index (χ1n) is 11.2. The van der Waals surface area contributed by atoms with E-state index in [0.717, 1.165) is 18.4 Å². The summed E-state index contributed by atoms with van der Waals surface area (Å²) in [7, 11) is -3.58. The molecule has 0 fully saturated rings. The molecule has 3 rings (SSSR count). The molecule has 0 spiro atoms. The van der Waals surface area contributed by atoms with E-state index in [-0.39, 0.29) is 35.6 Å². The number of sulfonamides is 1. The van der Waals surface area contributed by atoms with Crippen LogP contribution in [0.3, 0.4) is 0 Å². The fourth-order valence-corrected chi connectivity index (χ4v) is 4.62. The number of nitrogens with zero attached hydrogens (tertiary/aromatic N) is 1. The predicted octanol–water partition coefficient (Wildman–Crippen LogP) is 3.57. The number of amidine groups is 1. The average molecular weight is 474 g/mol. The summed E-state index contributed by atoms with van der Waals surface area (Å²) in [4.78, 5) is 17.0. The third kappa shape index (κ3) is 6.25. The Morgan fingerprint density at radius 1 is 1.06 bits per heavy atom. The largest absolute Gasteiger partial charge is 0.490 e. The molecule has 2 aromatic carbocycles. The van der Waals surface area contributed by atoms with E-state index in [4.69, 9.17) is 9.47 Å². The molecule has 1 unspecified atom stereocenters. The normalized spacial score (nSPS) is 16.0. The van der Waals surface area contributed by atoms with Crippen molar-refractivity contribution in [2.24, 2.45) is 4.99 Å². The van der Waals surface area contributed by atoms with Gasteiger partial charge >= 0.3 is 0 Å². The van der Waals surface area contributed by atoms with Gasteiger partial charge in [-0.3, -0.25) is 14.5 Å². The van der Waals surface area contributed by atoms with Gasteiger partial charge in [0.05, 0.1) is 30.7 Å². The molecule has 0 saturated heterocycles. The van der Waals surface area contributed by atoms with Gasteiger partial charge in [-0.25, -0.2) is 8.42 Å². The molecule has 1 aliphatic rings. The van der Waals surface area contributed by atoms with Crippen molar-refractivity contribution < 1.29 is 22.7 Å². The van der Waals surface area contributed by atoms with Gasteiger partial charge in [-0.15, -0.1) is 0 Å². The number of hydrogen-bond donors (Lipinski definition) is 2. The first-order chi connectivity index (χ1) is 15.9. The summed E-state index contributed by atoms with van der Waals surface area (Å²) in [5.41, 5.74) is 1.43. The van der Waals surface area contributed by atoms with E-state index < -0.39 is 10.0 Å². The highest BCUT2D eigenvalue weighted by Gasteiger charge is 2.30. The number of carbonyl (C=O) groups is 1. The molecule has 2 aromatic rings. The van der Waals surface area contributed by atoms with E-state index in [0.29, 0.717) is 30.3 Å². The van der Waals surface area contributed by atoms with Crippen molar-refractivity contribution in [1.82, 2.24) is 10.0 Å². The van der Waals surface area contributed by atoms with Crippen LogP contribution in [0.2, 0.25) is 0 Å². The minimum atomic E-state index is -3.58. The summed E-state index contributed by atoms with van der Waals surface area (Å²) in [5.74, 6) is 1.46. The smallest absolute Gasteiger partial charge is 0.263 e. The quantitative estimate of drug-likeness (QED) is 0.519. The summed E-state index contributed by atoms with van der Waals surface area (Å²) in [6, 6.07) is 12.1.